The van der Waals surface area contributed by atoms with Crippen molar-refractivity contribution >= 4 is 22.7 Å². The van der Waals surface area contributed by atoms with Crippen LogP contribution in [0.5, 0.6) is 0 Å². The summed E-state index contributed by atoms with van der Waals surface area (Å²) >= 11 is 0. The van der Waals surface area contributed by atoms with Crippen LogP contribution in [-0.2, 0) is 16.1 Å². The van der Waals surface area contributed by atoms with Crippen LogP contribution in [0.2, 0.25) is 0 Å². The number of nitrogens with one attached hydrogen (secondary N) is 2. The molecule has 4 rings (SSSR count). The zero-order valence-corrected chi connectivity index (χ0v) is 15.8. The summed E-state index contributed by atoms with van der Waals surface area (Å²) in [5.41, 5.74) is 2.16. The van der Waals surface area contributed by atoms with Gasteiger partial charge in [-0.25, -0.2) is 0 Å². The van der Waals surface area contributed by atoms with Gasteiger partial charge in [-0.3, -0.25) is 14.6 Å². The quantitative estimate of drug-likeness (QED) is 0.847. The average Bonchev–Trinajstić information content (AvgIpc) is 3.09. The number of benzene rings is 1. The zero-order chi connectivity index (χ0) is 19.0. The van der Waals surface area contributed by atoms with Crippen LogP contribution in [0.1, 0.15) is 32.3 Å². The molecule has 2 aliphatic heterocycles. The van der Waals surface area contributed by atoms with E-state index in [1.165, 1.54) is 5.56 Å². The lowest BCUT2D eigenvalue weighted by molar-refractivity contribution is -0.147. The summed E-state index contributed by atoms with van der Waals surface area (Å²) in [5.74, 6) is 0.422. The fraction of sp³-hybridized carbons (Fsp3) is 0.476. The number of amides is 2. The molecule has 2 fully saturated rings. The highest BCUT2D eigenvalue weighted by Crippen LogP contribution is 2.25. The van der Waals surface area contributed by atoms with E-state index < -0.39 is 0 Å². The summed E-state index contributed by atoms with van der Waals surface area (Å²) in [6, 6.07) is 9.64. The fourth-order valence-corrected chi connectivity index (χ4v) is 4.13. The molecule has 2 N–H and O–H groups in total. The van der Waals surface area contributed by atoms with Gasteiger partial charge in [-0.1, -0.05) is 26.0 Å². The van der Waals surface area contributed by atoms with Gasteiger partial charge in [-0.2, -0.15) is 0 Å². The van der Waals surface area contributed by atoms with Gasteiger partial charge in [0, 0.05) is 30.7 Å². The smallest absolute Gasteiger partial charge is 0.245 e. The van der Waals surface area contributed by atoms with Crippen LogP contribution in [-0.4, -0.2) is 46.4 Å². The Hall–Kier alpha value is -2.47. The van der Waals surface area contributed by atoms with Crippen molar-refractivity contribution in [2.75, 3.05) is 6.54 Å². The van der Waals surface area contributed by atoms with Gasteiger partial charge in [0.2, 0.25) is 11.8 Å². The summed E-state index contributed by atoms with van der Waals surface area (Å²) < 4.78 is 0. The molecule has 2 aromatic rings. The molecule has 0 unspecified atom stereocenters. The van der Waals surface area contributed by atoms with Crippen LogP contribution in [0.25, 0.3) is 10.9 Å². The first-order valence-electron chi connectivity index (χ1n) is 9.69. The second-order valence-electron chi connectivity index (χ2n) is 8.04. The third kappa shape index (κ3) is 3.67. The Morgan fingerprint density at radius 3 is 2.96 bits per heavy atom. The molecule has 6 nitrogen and oxygen atoms in total. The zero-order valence-electron chi connectivity index (χ0n) is 15.8. The van der Waals surface area contributed by atoms with Crippen LogP contribution in [0.3, 0.4) is 0 Å². The van der Waals surface area contributed by atoms with E-state index in [0.29, 0.717) is 31.8 Å². The average molecular weight is 366 g/mol. The second kappa shape index (κ2) is 7.27. The number of rotatable bonds is 5. The minimum atomic E-state index is -0.375. The molecule has 0 saturated carbocycles. The van der Waals surface area contributed by atoms with Crippen LogP contribution in [0, 0.1) is 5.92 Å². The number of piperazine rings is 1. The van der Waals surface area contributed by atoms with Gasteiger partial charge in [0.05, 0.1) is 5.52 Å². The number of pyridine rings is 1. The summed E-state index contributed by atoms with van der Waals surface area (Å²) in [4.78, 5) is 31.3. The SMILES string of the molecule is CC(C)C[C@@H]1NC(=O)[C@@H]2C[C@H](NCc3ccc4ncccc4c3)CN2C1=O. The predicted molar refractivity (Wildman–Crippen MR) is 104 cm³/mol. The molecule has 0 spiro atoms. The number of nitrogens with zero attached hydrogens (tertiary/aromatic N) is 2. The lowest BCUT2D eigenvalue weighted by Crippen LogP contribution is -2.61. The lowest BCUT2D eigenvalue weighted by Gasteiger charge is -2.35. The van der Waals surface area contributed by atoms with Crippen LogP contribution < -0.4 is 10.6 Å². The number of carbonyl (C=O) groups is 2. The maximum absolute atomic E-state index is 12.7. The molecule has 6 heteroatoms. The predicted octanol–water partition coefficient (Wildman–Crippen LogP) is 1.84. The number of carbonyl (C=O) groups excluding carboxylic acids is 2. The third-order valence-corrected chi connectivity index (χ3v) is 5.47. The van der Waals surface area contributed by atoms with Crippen LogP contribution >= 0.6 is 0 Å². The van der Waals surface area contributed by atoms with Crippen molar-refractivity contribution in [3.63, 3.8) is 0 Å². The number of hydrogen-bond donors (Lipinski definition) is 2. The Labute approximate surface area is 159 Å². The van der Waals surface area contributed by atoms with E-state index in [1.54, 1.807) is 11.1 Å². The lowest BCUT2D eigenvalue weighted by atomic mass is 9.99. The molecule has 2 aliphatic rings. The highest BCUT2D eigenvalue weighted by Gasteiger charge is 2.46. The van der Waals surface area contributed by atoms with Gasteiger partial charge in [-0.15, -0.1) is 0 Å². The molecule has 2 saturated heterocycles. The molecule has 27 heavy (non-hydrogen) atoms. The molecular weight excluding hydrogens is 340 g/mol. The topological polar surface area (TPSA) is 74.3 Å². The number of aromatic nitrogens is 1. The van der Waals surface area contributed by atoms with Crippen molar-refractivity contribution in [3.8, 4) is 0 Å². The molecule has 0 bridgehead atoms. The maximum Gasteiger partial charge on any atom is 0.245 e. The van der Waals surface area contributed by atoms with E-state index >= 15 is 0 Å². The van der Waals surface area contributed by atoms with Crippen molar-refractivity contribution in [3.05, 3.63) is 42.1 Å². The first kappa shape index (κ1) is 17.9. The summed E-state index contributed by atoms with van der Waals surface area (Å²) in [6.07, 6.45) is 3.15. The summed E-state index contributed by atoms with van der Waals surface area (Å²) in [5, 5.41) is 7.56. The summed E-state index contributed by atoms with van der Waals surface area (Å²) in [6.45, 7) is 5.44. The van der Waals surface area contributed by atoms with Gasteiger partial charge in [0.1, 0.15) is 12.1 Å². The van der Waals surface area contributed by atoms with Crippen molar-refractivity contribution in [1.29, 1.82) is 0 Å². The highest BCUT2D eigenvalue weighted by molar-refractivity contribution is 5.97. The van der Waals surface area contributed by atoms with Gasteiger partial charge < -0.3 is 15.5 Å². The largest absolute Gasteiger partial charge is 0.342 e. The second-order valence-corrected chi connectivity index (χ2v) is 8.04. The van der Waals surface area contributed by atoms with Crippen molar-refractivity contribution in [1.82, 2.24) is 20.5 Å². The van der Waals surface area contributed by atoms with Crippen LogP contribution in [0.15, 0.2) is 36.5 Å². The van der Waals surface area contributed by atoms with E-state index in [0.717, 1.165) is 10.9 Å². The molecule has 0 aliphatic carbocycles. The van der Waals surface area contributed by atoms with Crippen LogP contribution in [0.4, 0.5) is 0 Å². The number of hydrogen-bond acceptors (Lipinski definition) is 4. The molecular formula is C21H26N4O2. The molecule has 3 heterocycles. The highest BCUT2D eigenvalue weighted by atomic mass is 16.2. The first-order valence-corrected chi connectivity index (χ1v) is 9.69. The standard InChI is InChI=1S/C21H26N4O2/c1-13(2)8-18-21(27)25-12-16(10-19(25)20(26)24-18)23-11-14-5-6-17-15(9-14)4-3-7-22-17/h3-7,9,13,16,18-19,23H,8,10-12H2,1-2H3,(H,24,26)/t16-,18-,19-/m0/s1. The van der Waals surface area contributed by atoms with Gasteiger partial charge in [0.25, 0.3) is 0 Å². The third-order valence-electron chi connectivity index (χ3n) is 5.47. The Morgan fingerprint density at radius 2 is 2.15 bits per heavy atom. The van der Waals surface area contributed by atoms with E-state index in [2.05, 4.69) is 47.7 Å². The minimum absolute atomic E-state index is 0.0127. The Bertz CT molecular complexity index is 866. The molecule has 2 amide bonds. The monoisotopic (exact) mass is 366 g/mol. The van der Waals surface area contributed by atoms with E-state index in [-0.39, 0.29) is 29.9 Å². The van der Waals surface area contributed by atoms with Gasteiger partial charge in [-0.05, 0) is 42.5 Å². The van der Waals surface area contributed by atoms with Gasteiger partial charge >= 0.3 is 0 Å². The molecule has 1 aromatic heterocycles. The van der Waals surface area contributed by atoms with Crippen molar-refractivity contribution in [2.45, 2.75) is 51.4 Å². The maximum atomic E-state index is 12.7. The molecule has 0 radical (unpaired) electrons. The fourth-order valence-electron chi connectivity index (χ4n) is 4.13. The summed E-state index contributed by atoms with van der Waals surface area (Å²) in [7, 11) is 0. The van der Waals surface area contributed by atoms with E-state index in [1.807, 2.05) is 12.1 Å². The van der Waals surface area contributed by atoms with Crippen molar-refractivity contribution < 1.29 is 9.59 Å². The Morgan fingerprint density at radius 1 is 1.30 bits per heavy atom. The molecule has 142 valence electrons. The van der Waals surface area contributed by atoms with E-state index in [4.69, 9.17) is 0 Å². The minimum Gasteiger partial charge on any atom is -0.342 e. The van der Waals surface area contributed by atoms with Crippen molar-refractivity contribution in [2.24, 2.45) is 5.92 Å². The number of fused-ring (bicyclic) bond motifs is 2. The first-order chi connectivity index (χ1) is 13.0. The van der Waals surface area contributed by atoms with E-state index in [9.17, 15) is 9.59 Å². The Kier molecular flexibility index (Phi) is 4.83. The normalized spacial score (nSPS) is 25.1. The van der Waals surface area contributed by atoms with Gasteiger partial charge in [0.15, 0.2) is 0 Å². The molecule has 1 aromatic carbocycles. The Balaban J connectivity index is 1.40. The molecule has 3 atom stereocenters.